The highest BCUT2D eigenvalue weighted by molar-refractivity contribution is 6.99. The lowest BCUT2D eigenvalue weighted by molar-refractivity contribution is 0.464. The van der Waals surface area contributed by atoms with Gasteiger partial charge in [0, 0.05) is 5.39 Å². The van der Waals surface area contributed by atoms with Gasteiger partial charge in [-0.1, -0.05) is 25.1 Å². The van der Waals surface area contributed by atoms with Crippen LogP contribution in [0.1, 0.15) is 36.4 Å². The van der Waals surface area contributed by atoms with Crippen molar-refractivity contribution < 1.29 is 4.42 Å². The highest BCUT2D eigenvalue weighted by atomic mass is 32.1. The van der Waals surface area contributed by atoms with E-state index in [0.717, 1.165) is 41.0 Å². The number of para-hydroxylation sites is 1. The lowest BCUT2D eigenvalue weighted by Crippen LogP contribution is -2.23. The number of nitrogens with one attached hydrogen (secondary N) is 1. The summed E-state index contributed by atoms with van der Waals surface area (Å²) in [7, 11) is 0. The summed E-state index contributed by atoms with van der Waals surface area (Å²) in [5.74, 6) is 0.899. The number of nitrogens with zero attached hydrogens (tertiary/aromatic N) is 2. The number of hydrogen-bond donors (Lipinski definition) is 1. The molecular formula is C15H17N3OS. The minimum absolute atomic E-state index is 0.0273. The number of aryl methyl sites for hydroxylation is 1. The standard InChI is InChI=1S/C15H17N3OS/c1-3-7-16-14(12-9-17-20-18-12)13-8-11-6-4-5-10(2)15(11)19-13/h4-6,8-9,14,16H,3,7H2,1-2H3. The number of aromatic nitrogens is 2. The average molecular weight is 287 g/mol. The molecule has 20 heavy (non-hydrogen) atoms. The van der Waals surface area contributed by atoms with Crippen molar-refractivity contribution >= 4 is 22.7 Å². The number of benzene rings is 1. The zero-order chi connectivity index (χ0) is 13.9. The van der Waals surface area contributed by atoms with Crippen molar-refractivity contribution in [3.05, 3.63) is 47.5 Å². The Morgan fingerprint density at radius 3 is 3.00 bits per heavy atom. The molecule has 0 fully saturated rings. The maximum Gasteiger partial charge on any atom is 0.137 e. The Balaban J connectivity index is 2.02. The summed E-state index contributed by atoms with van der Waals surface area (Å²) < 4.78 is 14.5. The van der Waals surface area contributed by atoms with Crippen molar-refractivity contribution in [1.82, 2.24) is 14.1 Å². The molecule has 0 saturated heterocycles. The molecule has 104 valence electrons. The van der Waals surface area contributed by atoms with Gasteiger partial charge in [-0.25, -0.2) is 0 Å². The maximum atomic E-state index is 6.06. The van der Waals surface area contributed by atoms with E-state index in [1.807, 2.05) is 0 Å². The first-order valence-corrected chi connectivity index (χ1v) is 7.52. The summed E-state index contributed by atoms with van der Waals surface area (Å²) in [5, 5.41) is 4.61. The highest BCUT2D eigenvalue weighted by Gasteiger charge is 2.20. The van der Waals surface area contributed by atoms with E-state index >= 15 is 0 Å². The van der Waals surface area contributed by atoms with Gasteiger partial charge in [-0.2, -0.15) is 8.75 Å². The zero-order valence-corrected chi connectivity index (χ0v) is 12.4. The Kier molecular flexibility index (Phi) is 3.80. The molecule has 0 saturated carbocycles. The zero-order valence-electron chi connectivity index (χ0n) is 11.6. The molecule has 0 aliphatic heterocycles. The molecule has 0 radical (unpaired) electrons. The third-order valence-corrected chi connectivity index (χ3v) is 3.81. The van der Waals surface area contributed by atoms with Gasteiger partial charge < -0.3 is 9.73 Å². The maximum absolute atomic E-state index is 6.06. The Bertz CT molecular complexity index is 690. The molecule has 0 bridgehead atoms. The van der Waals surface area contributed by atoms with Crippen LogP contribution >= 0.6 is 11.7 Å². The molecule has 3 aromatic rings. The summed E-state index contributed by atoms with van der Waals surface area (Å²) >= 11 is 1.22. The fourth-order valence-corrected chi connectivity index (χ4v) is 2.76. The van der Waals surface area contributed by atoms with E-state index in [2.05, 4.69) is 52.2 Å². The summed E-state index contributed by atoms with van der Waals surface area (Å²) in [4.78, 5) is 0. The minimum Gasteiger partial charge on any atom is -0.459 e. The van der Waals surface area contributed by atoms with Gasteiger partial charge in [-0.15, -0.1) is 0 Å². The second-order valence-corrected chi connectivity index (χ2v) is 5.42. The largest absolute Gasteiger partial charge is 0.459 e. The number of hydrogen-bond acceptors (Lipinski definition) is 5. The van der Waals surface area contributed by atoms with Crippen molar-refractivity contribution in [3.8, 4) is 0 Å². The fraction of sp³-hybridized carbons (Fsp3) is 0.333. The van der Waals surface area contributed by atoms with E-state index in [4.69, 9.17) is 4.42 Å². The van der Waals surface area contributed by atoms with Crippen LogP contribution in [-0.2, 0) is 0 Å². The van der Waals surface area contributed by atoms with Gasteiger partial charge in [-0.3, -0.25) is 0 Å². The summed E-state index contributed by atoms with van der Waals surface area (Å²) in [6.45, 7) is 5.12. The molecule has 1 atom stereocenters. The van der Waals surface area contributed by atoms with E-state index < -0.39 is 0 Å². The van der Waals surface area contributed by atoms with Crippen LogP contribution in [0.5, 0.6) is 0 Å². The predicted octanol–water partition coefficient (Wildman–Crippen LogP) is 3.68. The van der Waals surface area contributed by atoms with Crippen LogP contribution in [0.15, 0.2) is 34.9 Å². The third-order valence-electron chi connectivity index (χ3n) is 3.32. The summed E-state index contributed by atoms with van der Waals surface area (Å²) in [5.41, 5.74) is 3.02. The van der Waals surface area contributed by atoms with Gasteiger partial charge in [0.05, 0.1) is 23.6 Å². The van der Waals surface area contributed by atoms with Gasteiger partial charge in [0.15, 0.2) is 0 Å². The van der Waals surface area contributed by atoms with Crippen molar-refractivity contribution in [2.75, 3.05) is 6.54 Å². The molecule has 0 spiro atoms. The molecule has 2 aromatic heterocycles. The lowest BCUT2D eigenvalue weighted by atomic mass is 10.1. The second kappa shape index (κ2) is 5.73. The van der Waals surface area contributed by atoms with Gasteiger partial charge in [-0.05, 0) is 31.5 Å². The van der Waals surface area contributed by atoms with Crippen LogP contribution < -0.4 is 5.32 Å². The quantitative estimate of drug-likeness (QED) is 0.777. The van der Waals surface area contributed by atoms with E-state index in [1.165, 1.54) is 11.7 Å². The topological polar surface area (TPSA) is 51.0 Å². The number of fused-ring (bicyclic) bond motifs is 1. The van der Waals surface area contributed by atoms with Crippen molar-refractivity contribution in [2.24, 2.45) is 0 Å². The van der Waals surface area contributed by atoms with Crippen molar-refractivity contribution in [3.63, 3.8) is 0 Å². The molecular weight excluding hydrogens is 270 g/mol. The molecule has 3 rings (SSSR count). The predicted molar refractivity (Wildman–Crippen MR) is 81.0 cm³/mol. The molecule has 5 heteroatoms. The number of furan rings is 1. The average Bonchev–Trinajstić information content (AvgIpc) is 3.09. The fourth-order valence-electron chi connectivity index (χ4n) is 2.31. The van der Waals surface area contributed by atoms with E-state index in [0.29, 0.717) is 0 Å². The van der Waals surface area contributed by atoms with Gasteiger partial charge in [0.2, 0.25) is 0 Å². The van der Waals surface area contributed by atoms with Crippen LogP contribution in [0.2, 0.25) is 0 Å². The van der Waals surface area contributed by atoms with E-state index in [1.54, 1.807) is 6.20 Å². The first-order chi connectivity index (χ1) is 9.79. The molecule has 1 unspecified atom stereocenters. The Hall–Kier alpha value is -1.72. The van der Waals surface area contributed by atoms with Crippen LogP contribution in [-0.4, -0.2) is 15.3 Å². The van der Waals surface area contributed by atoms with Gasteiger partial charge in [0.25, 0.3) is 0 Å². The van der Waals surface area contributed by atoms with Crippen LogP contribution in [0, 0.1) is 6.92 Å². The molecule has 4 nitrogen and oxygen atoms in total. The van der Waals surface area contributed by atoms with Gasteiger partial charge >= 0.3 is 0 Å². The minimum atomic E-state index is -0.0273. The van der Waals surface area contributed by atoms with Crippen molar-refractivity contribution in [1.29, 1.82) is 0 Å². The highest BCUT2D eigenvalue weighted by Crippen LogP contribution is 2.29. The van der Waals surface area contributed by atoms with E-state index in [9.17, 15) is 0 Å². The Morgan fingerprint density at radius 2 is 2.30 bits per heavy atom. The van der Waals surface area contributed by atoms with Crippen LogP contribution in [0.3, 0.4) is 0 Å². The molecule has 1 aromatic carbocycles. The first kappa shape index (κ1) is 13.3. The second-order valence-electron chi connectivity index (χ2n) is 4.86. The van der Waals surface area contributed by atoms with E-state index in [-0.39, 0.29) is 6.04 Å². The van der Waals surface area contributed by atoms with Crippen LogP contribution in [0.25, 0.3) is 11.0 Å². The normalized spacial score (nSPS) is 12.9. The summed E-state index contributed by atoms with van der Waals surface area (Å²) in [6, 6.07) is 8.26. The Labute approximate surface area is 122 Å². The van der Waals surface area contributed by atoms with Gasteiger partial charge in [0.1, 0.15) is 17.4 Å². The number of rotatable bonds is 5. The molecule has 1 N–H and O–H groups in total. The summed E-state index contributed by atoms with van der Waals surface area (Å²) in [6.07, 6.45) is 2.87. The van der Waals surface area contributed by atoms with Crippen molar-refractivity contribution in [2.45, 2.75) is 26.3 Å². The smallest absolute Gasteiger partial charge is 0.137 e. The SMILES string of the molecule is CCCNC(c1cnsn1)c1cc2cccc(C)c2o1. The Morgan fingerprint density at radius 1 is 1.40 bits per heavy atom. The lowest BCUT2D eigenvalue weighted by Gasteiger charge is -2.13. The molecule has 2 heterocycles. The first-order valence-electron chi connectivity index (χ1n) is 6.79. The molecule has 0 aliphatic rings. The third kappa shape index (κ3) is 2.46. The monoisotopic (exact) mass is 287 g/mol. The molecule has 0 amide bonds. The van der Waals surface area contributed by atoms with Crippen LogP contribution in [0.4, 0.5) is 0 Å². The molecule has 0 aliphatic carbocycles.